The largest absolute Gasteiger partial charge is 0.312 e. The Balaban J connectivity index is 1.43. The van der Waals surface area contributed by atoms with Gasteiger partial charge < -0.3 is 4.90 Å². The maximum atomic E-state index is 12.5. The topological polar surface area (TPSA) is 81.0 Å². The molecule has 0 radical (unpaired) electrons. The minimum atomic E-state index is -0.0371. The molecule has 9 heteroatoms. The van der Waals surface area contributed by atoms with Crippen molar-refractivity contribution in [3.05, 3.63) is 59.1 Å². The molecule has 0 spiro atoms. The molecule has 0 saturated carbocycles. The number of carbonyl (C=O) groups excluding carboxylic acids is 2. The fourth-order valence-electron chi connectivity index (χ4n) is 3.00. The minimum absolute atomic E-state index is 0.0371. The van der Waals surface area contributed by atoms with Gasteiger partial charge in [0.2, 0.25) is 11.1 Å². The molecule has 0 N–H and O–H groups in total. The molecule has 0 atom stereocenters. The number of anilines is 1. The second kappa shape index (κ2) is 8.12. The Morgan fingerprint density at radius 1 is 1.14 bits per heavy atom. The quantitative estimate of drug-likeness (QED) is 0.455. The fourth-order valence-corrected chi connectivity index (χ4v) is 3.97. The van der Waals surface area contributed by atoms with Gasteiger partial charge in [0, 0.05) is 29.2 Å². The van der Waals surface area contributed by atoms with Gasteiger partial charge in [-0.15, -0.1) is 5.10 Å². The molecule has 1 fully saturated rings. The second-order valence-electron chi connectivity index (χ2n) is 6.26. The van der Waals surface area contributed by atoms with Crippen molar-refractivity contribution in [1.29, 1.82) is 0 Å². The molecule has 1 saturated heterocycles. The van der Waals surface area contributed by atoms with E-state index in [-0.39, 0.29) is 17.4 Å². The van der Waals surface area contributed by atoms with Gasteiger partial charge >= 0.3 is 0 Å². The second-order valence-corrected chi connectivity index (χ2v) is 7.64. The summed E-state index contributed by atoms with van der Waals surface area (Å²) in [4.78, 5) is 26.1. The smallest absolute Gasteiger partial charge is 0.227 e. The van der Waals surface area contributed by atoms with Crippen LogP contribution in [0, 0.1) is 0 Å². The molecule has 1 aliphatic heterocycles. The van der Waals surface area contributed by atoms with Crippen molar-refractivity contribution in [3.8, 4) is 5.69 Å². The molecule has 0 bridgehead atoms. The lowest BCUT2D eigenvalue weighted by Crippen LogP contribution is -2.23. The Kier molecular flexibility index (Phi) is 5.40. The summed E-state index contributed by atoms with van der Waals surface area (Å²) >= 11 is 7.28. The van der Waals surface area contributed by atoms with Crippen LogP contribution in [-0.4, -0.2) is 44.2 Å². The highest BCUT2D eigenvalue weighted by atomic mass is 35.5. The summed E-state index contributed by atoms with van der Waals surface area (Å²) in [5.41, 5.74) is 2.15. The van der Waals surface area contributed by atoms with E-state index in [0.717, 1.165) is 24.3 Å². The predicted molar refractivity (Wildman–Crippen MR) is 107 cm³/mol. The van der Waals surface area contributed by atoms with Crippen LogP contribution in [-0.2, 0) is 4.79 Å². The first kappa shape index (κ1) is 18.6. The predicted octanol–water partition coefficient (Wildman–Crippen LogP) is 3.42. The zero-order chi connectivity index (χ0) is 19.5. The average molecular weight is 414 g/mol. The van der Waals surface area contributed by atoms with Gasteiger partial charge in [-0.3, -0.25) is 9.59 Å². The van der Waals surface area contributed by atoms with E-state index in [1.165, 1.54) is 11.8 Å². The third kappa shape index (κ3) is 3.93. The highest BCUT2D eigenvalue weighted by molar-refractivity contribution is 7.99. The Hall–Kier alpha value is -2.71. The number of ketones is 1. The summed E-state index contributed by atoms with van der Waals surface area (Å²) in [6, 6.07) is 14.3. The molecule has 0 aliphatic carbocycles. The Bertz CT molecular complexity index is 1020. The van der Waals surface area contributed by atoms with Gasteiger partial charge in [-0.2, -0.15) is 4.68 Å². The summed E-state index contributed by atoms with van der Waals surface area (Å²) < 4.78 is 1.55. The van der Waals surface area contributed by atoms with Crippen molar-refractivity contribution in [1.82, 2.24) is 20.2 Å². The number of amides is 1. The summed E-state index contributed by atoms with van der Waals surface area (Å²) in [5, 5.41) is 12.7. The van der Waals surface area contributed by atoms with Crippen LogP contribution in [0.5, 0.6) is 0 Å². The monoisotopic (exact) mass is 413 g/mol. The SMILES string of the molecule is O=C(CSc1nnnn1-c1cccc(Cl)c1)c1ccc(N2CCCC2=O)cc1. The van der Waals surface area contributed by atoms with Crippen LogP contribution < -0.4 is 4.90 Å². The number of carbonyl (C=O) groups is 2. The normalized spacial score (nSPS) is 13.9. The molecule has 28 heavy (non-hydrogen) atoms. The first-order valence-electron chi connectivity index (χ1n) is 8.72. The number of Topliss-reactive ketones (excluding diaryl/α,β-unsaturated/α-hetero) is 1. The van der Waals surface area contributed by atoms with E-state index in [1.54, 1.807) is 33.8 Å². The molecule has 2 heterocycles. The van der Waals surface area contributed by atoms with Crippen LogP contribution in [0.2, 0.25) is 5.02 Å². The number of rotatable bonds is 6. The number of nitrogens with zero attached hydrogens (tertiary/aromatic N) is 5. The third-order valence-corrected chi connectivity index (χ3v) is 5.55. The van der Waals surface area contributed by atoms with Crippen LogP contribution in [0.3, 0.4) is 0 Å². The lowest BCUT2D eigenvalue weighted by Gasteiger charge is -2.15. The van der Waals surface area contributed by atoms with E-state index >= 15 is 0 Å². The van der Waals surface area contributed by atoms with Crippen molar-refractivity contribution in [2.24, 2.45) is 0 Å². The maximum Gasteiger partial charge on any atom is 0.227 e. The molecule has 0 unspecified atom stereocenters. The third-order valence-electron chi connectivity index (χ3n) is 4.40. The van der Waals surface area contributed by atoms with Crippen molar-refractivity contribution < 1.29 is 9.59 Å². The van der Waals surface area contributed by atoms with E-state index in [0.29, 0.717) is 22.2 Å². The molecule has 1 aliphatic rings. The standard InChI is InChI=1S/C19H16ClN5O2S/c20-14-3-1-4-16(11-14)25-19(21-22-23-25)28-12-17(26)13-6-8-15(9-7-13)24-10-2-5-18(24)27/h1,3-4,6-9,11H,2,5,10,12H2. The van der Waals surface area contributed by atoms with Gasteiger partial charge in [0.25, 0.3) is 0 Å². The molecule has 4 rings (SSSR count). The number of benzene rings is 2. The van der Waals surface area contributed by atoms with Gasteiger partial charge in [0.05, 0.1) is 11.4 Å². The molecule has 7 nitrogen and oxygen atoms in total. The van der Waals surface area contributed by atoms with Crippen molar-refractivity contribution in [2.75, 3.05) is 17.2 Å². The Morgan fingerprint density at radius 2 is 1.96 bits per heavy atom. The highest BCUT2D eigenvalue weighted by Crippen LogP contribution is 2.24. The summed E-state index contributed by atoms with van der Waals surface area (Å²) in [5.74, 6) is 0.288. The van der Waals surface area contributed by atoms with E-state index in [1.807, 2.05) is 24.3 Å². The van der Waals surface area contributed by atoms with Crippen molar-refractivity contribution in [2.45, 2.75) is 18.0 Å². The summed E-state index contributed by atoms with van der Waals surface area (Å²) in [6.45, 7) is 0.730. The van der Waals surface area contributed by atoms with Crippen molar-refractivity contribution in [3.63, 3.8) is 0 Å². The molecule has 1 amide bonds. The highest BCUT2D eigenvalue weighted by Gasteiger charge is 2.21. The van der Waals surface area contributed by atoms with Crippen LogP contribution >= 0.6 is 23.4 Å². The van der Waals surface area contributed by atoms with Crippen molar-refractivity contribution >= 4 is 40.7 Å². The molecular weight excluding hydrogens is 398 g/mol. The zero-order valence-corrected chi connectivity index (χ0v) is 16.4. The Morgan fingerprint density at radius 3 is 2.68 bits per heavy atom. The summed E-state index contributed by atoms with van der Waals surface area (Å²) in [6.07, 6.45) is 1.45. The number of hydrogen-bond donors (Lipinski definition) is 0. The first-order chi connectivity index (χ1) is 13.6. The Labute approximate surface area is 170 Å². The number of halogens is 1. The fraction of sp³-hybridized carbons (Fsp3) is 0.211. The van der Waals surface area contributed by atoms with Gasteiger partial charge in [0.15, 0.2) is 5.78 Å². The minimum Gasteiger partial charge on any atom is -0.312 e. The molecule has 1 aromatic heterocycles. The lowest BCUT2D eigenvalue weighted by molar-refractivity contribution is -0.117. The van der Waals surface area contributed by atoms with E-state index in [9.17, 15) is 9.59 Å². The van der Waals surface area contributed by atoms with E-state index in [4.69, 9.17) is 11.6 Å². The van der Waals surface area contributed by atoms with Crippen LogP contribution in [0.25, 0.3) is 5.69 Å². The van der Waals surface area contributed by atoms with E-state index < -0.39 is 0 Å². The van der Waals surface area contributed by atoms with Crippen LogP contribution in [0.15, 0.2) is 53.7 Å². The van der Waals surface area contributed by atoms with Gasteiger partial charge in [-0.1, -0.05) is 29.4 Å². The lowest BCUT2D eigenvalue weighted by atomic mass is 10.1. The maximum absolute atomic E-state index is 12.5. The average Bonchev–Trinajstić information content (AvgIpc) is 3.35. The van der Waals surface area contributed by atoms with Gasteiger partial charge in [-0.25, -0.2) is 0 Å². The number of thioether (sulfide) groups is 1. The van der Waals surface area contributed by atoms with E-state index in [2.05, 4.69) is 15.5 Å². The van der Waals surface area contributed by atoms with Crippen LogP contribution in [0.1, 0.15) is 23.2 Å². The number of hydrogen-bond acceptors (Lipinski definition) is 6. The molecule has 2 aromatic carbocycles. The van der Waals surface area contributed by atoms with Crippen LogP contribution in [0.4, 0.5) is 5.69 Å². The van der Waals surface area contributed by atoms with Gasteiger partial charge in [0.1, 0.15) is 0 Å². The first-order valence-corrected chi connectivity index (χ1v) is 10.1. The zero-order valence-electron chi connectivity index (χ0n) is 14.8. The molecule has 142 valence electrons. The number of aromatic nitrogens is 4. The summed E-state index contributed by atoms with van der Waals surface area (Å²) in [7, 11) is 0. The van der Waals surface area contributed by atoms with Gasteiger partial charge in [-0.05, 0) is 59.3 Å². The number of tetrazole rings is 1. The molecular formula is C19H16ClN5O2S. The molecule has 3 aromatic rings.